The van der Waals surface area contributed by atoms with E-state index in [1.807, 2.05) is 0 Å². The summed E-state index contributed by atoms with van der Waals surface area (Å²) in [6.45, 7) is -0.424. The molecule has 5 atom stereocenters. The molecule has 144 valence electrons. The Balaban J connectivity index is 1.35. The lowest BCUT2D eigenvalue weighted by Crippen LogP contribution is -2.35. The lowest BCUT2D eigenvalue weighted by molar-refractivity contribution is -0.157. The van der Waals surface area contributed by atoms with Gasteiger partial charge in [0.05, 0.1) is 31.7 Å². The van der Waals surface area contributed by atoms with Gasteiger partial charge in [-0.3, -0.25) is 14.4 Å². The van der Waals surface area contributed by atoms with Gasteiger partial charge in [0, 0.05) is 12.0 Å². The van der Waals surface area contributed by atoms with Gasteiger partial charge in [-0.05, 0) is 30.9 Å². The zero-order chi connectivity index (χ0) is 19.1. The van der Waals surface area contributed by atoms with Gasteiger partial charge < -0.3 is 24.3 Å². The van der Waals surface area contributed by atoms with Crippen LogP contribution in [0.3, 0.4) is 0 Å². The van der Waals surface area contributed by atoms with Crippen LogP contribution in [0, 0.1) is 23.7 Å². The van der Waals surface area contributed by atoms with E-state index in [1.54, 1.807) is 18.2 Å². The summed E-state index contributed by atoms with van der Waals surface area (Å²) in [6.07, 6.45) is 1.49. The summed E-state index contributed by atoms with van der Waals surface area (Å²) in [7, 11) is 3.01. The Morgan fingerprint density at radius 2 is 2.04 bits per heavy atom. The minimum Gasteiger partial charge on any atom is -0.497 e. The molecular formula is C19H21NO7. The van der Waals surface area contributed by atoms with Gasteiger partial charge in [-0.2, -0.15) is 0 Å². The fraction of sp³-hybridized carbons (Fsp3) is 0.526. The van der Waals surface area contributed by atoms with Crippen LogP contribution >= 0.6 is 0 Å². The van der Waals surface area contributed by atoms with Crippen molar-refractivity contribution in [2.75, 3.05) is 26.1 Å². The minimum atomic E-state index is -0.498. The molecule has 0 aromatic heterocycles. The molecule has 0 radical (unpaired) electrons. The monoisotopic (exact) mass is 375 g/mol. The zero-order valence-electron chi connectivity index (χ0n) is 15.1. The minimum absolute atomic E-state index is 0.0395. The van der Waals surface area contributed by atoms with Crippen LogP contribution in [0.15, 0.2) is 18.2 Å². The summed E-state index contributed by atoms with van der Waals surface area (Å²) in [6, 6.07) is 4.96. The van der Waals surface area contributed by atoms with E-state index in [0.29, 0.717) is 23.6 Å². The van der Waals surface area contributed by atoms with Gasteiger partial charge in [-0.15, -0.1) is 0 Å². The lowest BCUT2D eigenvalue weighted by Gasteiger charge is -2.22. The van der Waals surface area contributed by atoms with Gasteiger partial charge in [0.2, 0.25) is 0 Å². The topological polar surface area (TPSA) is 100 Å². The summed E-state index contributed by atoms with van der Waals surface area (Å²) in [5.74, 6) is -0.944. The number of anilines is 1. The molecule has 8 heteroatoms. The van der Waals surface area contributed by atoms with Crippen molar-refractivity contribution in [1.29, 1.82) is 0 Å². The van der Waals surface area contributed by atoms with Crippen molar-refractivity contribution < 1.29 is 33.3 Å². The van der Waals surface area contributed by atoms with Crippen molar-refractivity contribution in [2.24, 2.45) is 23.7 Å². The second-order valence-corrected chi connectivity index (χ2v) is 7.14. The molecule has 0 spiro atoms. The third-order valence-corrected chi connectivity index (χ3v) is 5.78. The number of rotatable bonds is 6. The predicted molar refractivity (Wildman–Crippen MR) is 92.2 cm³/mol. The molecule has 2 saturated carbocycles. The second kappa shape index (κ2) is 6.75. The summed E-state index contributed by atoms with van der Waals surface area (Å²) in [5, 5.41) is 2.65. The number of ether oxygens (including phenoxy) is 4. The predicted octanol–water partition coefficient (Wildman–Crippen LogP) is 1.38. The molecule has 2 aliphatic carbocycles. The number of carbonyl (C=O) groups is 3. The molecule has 2 bridgehead atoms. The Hall–Kier alpha value is -2.77. The highest BCUT2D eigenvalue weighted by molar-refractivity contribution is 5.95. The largest absolute Gasteiger partial charge is 0.497 e. The van der Waals surface area contributed by atoms with Crippen LogP contribution in [0.25, 0.3) is 0 Å². The molecule has 1 heterocycles. The van der Waals surface area contributed by atoms with E-state index in [2.05, 4.69) is 5.32 Å². The average Bonchev–Trinajstić information content (AvgIpc) is 3.29. The SMILES string of the molecule is COc1ccc(NC(=O)COC(=O)[C@@H]2[C@@H]3C[C@@H]4[C@@H]2C(=O)O[C@H]4C3)c(OC)c1. The van der Waals surface area contributed by atoms with E-state index in [-0.39, 0.29) is 23.9 Å². The van der Waals surface area contributed by atoms with E-state index in [1.165, 1.54) is 14.2 Å². The van der Waals surface area contributed by atoms with Gasteiger partial charge in [-0.1, -0.05) is 0 Å². The maximum atomic E-state index is 12.5. The van der Waals surface area contributed by atoms with Crippen molar-refractivity contribution in [3.8, 4) is 11.5 Å². The third-order valence-electron chi connectivity index (χ3n) is 5.78. The second-order valence-electron chi connectivity index (χ2n) is 7.14. The highest BCUT2D eigenvalue weighted by atomic mass is 16.6. The number of hydrogen-bond acceptors (Lipinski definition) is 7. The molecule has 1 aromatic rings. The molecule has 3 aliphatic rings. The van der Waals surface area contributed by atoms with Gasteiger partial charge >= 0.3 is 11.9 Å². The first-order valence-electron chi connectivity index (χ1n) is 8.91. The number of methoxy groups -OCH3 is 2. The number of amides is 1. The van der Waals surface area contributed by atoms with Gasteiger partial charge in [0.1, 0.15) is 17.6 Å². The van der Waals surface area contributed by atoms with Crippen molar-refractivity contribution in [1.82, 2.24) is 0 Å². The normalized spacial score (nSPS) is 30.0. The molecule has 1 N–H and O–H groups in total. The first kappa shape index (κ1) is 17.6. The highest BCUT2D eigenvalue weighted by Gasteiger charge is 2.64. The van der Waals surface area contributed by atoms with Crippen LogP contribution in [-0.2, 0) is 23.9 Å². The molecule has 1 aromatic carbocycles. The van der Waals surface area contributed by atoms with Gasteiger partial charge in [0.25, 0.3) is 5.91 Å². The van der Waals surface area contributed by atoms with Crippen LogP contribution < -0.4 is 14.8 Å². The molecule has 1 aliphatic heterocycles. The van der Waals surface area contributed by atoms with Crippen LogP contribution in [-0.4, -0.2) is 44.8 Å². The van der Waals surface area contributed by atoms with E-state index in [4.69, 9.17) is 18.9 Å². The Kier molecular flexibility index (Phi) is 4.41. The van der Waals surface area contributed by atoms with E-state index in [9.17, 15) is 14.4 Å². The van der Waals surface area contributed by atoms with Crippen molar-refractivity contribution >= 4 is 23.5 Å². The summed E-state index contributed by atoms with van der Waals surface area (Å²) in [4.78, 5) is 36.6. The van der Waals surface area contributed by atoms with Gasteiger partial charge in [0.15, 0.2) is 6.61 Å². The fourth-order valence-electron chi connectivity index (χ4n) is 4.65. The molecule has 0 unspecified atom stereocenters. The first-order valence-corrected chi connectivity index (χ1v) is 8.91. The third kappa shape index (κ3) is 2.98. The quantitative estimate of drug-likeness (QED) is 0.750. The molecule has 4 rings (SSSR count). The van der Waals surface area contributed by atoms with Crippen LogP contribution in [0.1, 0.15) is 12.8 Å². The molecular weight excluding hydrogens is 354 g/mol. The number of carbonyl (C=O) groups excluding carboxylic acids is 3. The Morgan fingerprint density at radius 3 is 2.78 bits per heavy atom. The zero-order valence-corrected chi connectivity index (χ0v) is 15.1. The van der Waals surface area contributed by atoms with E-state index >= 15 is 0 Å². The van der Waals surface area contributed by atoms with Crippen LogP contribution in [0.4, 0.5) is 5.69 Å². The maximum Gasteiger partial charge on any atom is 0.310 e. The molecule has 1 amide bonds. The Bertz CT molecular complexity index is 790. The Morgan fingerprint density at radius 1 is 1.22 bits per heavy atom. The highest BCUT2D eigenvalue weighted by Crippen LogP contribution is 2.57. The molecule has 1 saturated heterocycles. The summed E-state index contributed by atoms with van der Waals surface area (Å²) >= 11 is 0. The molecule has 27 heavy (non-hydrogen) atoms. The first-order chi connectivity index (χ1) is 13.0. The molecule has 3 fully saturated rings. The van der Waals surface area contributed by atoms with Crippen LogP contribution in [0.2, 0.25) is 0 Å². The number of hydrogen-bond donors (Lipinski definition) is 1. The fourth-order valence-corrected chi connectivity index (χ4v) is 4.65. The van der Waals surface area contributed by atoms with Gasteiger partial charge in [-0.25, -0.2) is 0 Å². The van der Waals surface area contributed by atoms with Crippen molar-refractivity contribution in [3.63, 3.8) is 0 Å². The summed E-state index contributed by atoms with van der Waals surface area (Å²) in [5.41, 5.74) is 0.446. The number of nitrogens with one attached hydrogen (secondary N) is 1. The summed E-state index contributed by atoms with van der Waals surface area (Å²) < 4.78 is 20.9. The average molecular weight is 375 g/mol. The number of fused-ring (bicyclic) bond motifs is 1. The maximum absolute atomic E-state index is 12.5. The van der Waals surface area contributed by atoms with E-state index < -0.39 is 30.3 Å². The molecule has 8 nitrogen and oxygen atoms in total. The number of benzene rings is 1. The van der Waals surface area contributed by atoms with Crippen LogP contribution in [0.5, 0.6) is 11.5 Å². The van der Waals surface area contributed by atoms with E-state index in [0.717, 1.165) is 6.42 Å². The van der Waals surface area contributed by atoms with Crippen molar-refractivity contribution in [2.45, 2.75) is 18.9 Å². The lowest BCUT2D eigenvalue weighted by atomic mass is 9.80. The smallest absolute Gasteiger partial charge is 0.310 e. The standard InChI is InChI=1S/C19H21NO7/c1-24-10-3-4-12(14(7-10)25-2)20-15(21)8-26-18(22)16-9-5-11-13(6-9)27-19(23)17(11)16/h3-4,7,9,11,13,16-17H,5-6,8H2,1-2H3,(H,20,21)/t9-,11+,13+,16-,17+/m1/s1. The Labute approximate surface area is 156 Å². The van der Waals surface area contributed by atoms with Crippen molar-refractivity contribution in [3.05, 3.63) is 18.2 Å². The number of esters is 2.